The predicted molar refractivity (Wildman–Crippen MR) is 78.9 cm³/mol. The Balaban J connectivity index is 1.64. The lowest BCUT2D eigenvalue weighted by molar-refractivity contribution is -0.144. The molecule has 0 bridgehead atoms. The van der Waals surface area contributed by atoms with E-state index in [9.17, 15) is 9.90 Å². The van der Waals surface area contributed by atoms with E-state index in [2.05, 4.69) is 19.9 Å². The first kappa shape index (κ1) is 14.3. The summed E-state index contributed by atoms with van der Waals surface area (Å²) < 4.78 is 0. The zero-order valence-electron chi connectivity index (χ0n) is 11.5. The van der Waals surface area contributed by atoms with Gasteiger partial charge in [-0.2, -0.15) is 0 Å². The summed E-state index contributed by atoms with van der Waals surface area (Å²) >= 11 is 1.58. The largest absolute Gasteiger partial charge is 0.480 e. The number of imidazole rings is 1. The van der Waals surface area contributed by atoms with Gasteiger partial charge in [-0.25, -0.2) is 15.0 Å². The van der Waals surface area contributed by atoms with Crippen LogP contribution in [0, 0.1) is 5.92 Å². The highest BCUT2D eigenvalue weighted by Crippen LogP contribution is 2.37. The topological polar surface area (TPSA) is 118 Å². The monoisotopic (exact) mass is 307 g/mol. The summed E-state index contributed by atoms with van der Waals surface area (Å²) in [6.07, 6.45) is 6.19. The molecule has 3 rings (SSSR count). The molecule has 2 aromatic rings. The molecule has 0 radical (unpaired) electrons. The Kier molecular flexibility index (Phi) is 3.81. The normalized spacial score (nSPS) is 25.5. The number of hydrogen-bond acceptors (Lipinski definition) is 6. The molecule has 0 amide bonds. The van der Waals surface area contributed by atoms with E-state index in [4.69, 9.17) is 5.73 Å². The minimum Gasteiger partial charge on any atom is -0.480 e. The highest BCUT2D eigenvalue weighted by atomic mass is 32.2. The standard InChI is InChI=1S/C13H17N5O2S/c14-13(12(19)20)4-1-2-8(13)3-5-21-11-9-10(16-6-15-9)17-7-18-11/h6-8H,1-5,14H2,(H,19,20)(H,15,16,17,18). The first-order chi connectivity index (χ1) is 10.1. The Bertz CT molecular complexity index is 661. The number of hydrogen-bond donors (Lipinski definition) is 3. The molecule has 7 nitrogen and oxygen atoms in total. The number of rotatable bonds is 5. The number of aromatic nitrogens is 4. The molecule has 0 spiro atoms. The second-order valence-electron chi connectivity index (χ2n) is 5.35. The first-order valence-electron chi connectivity index (χ1n) is 6.90. The first-order valence-corrected chi connectivity index (χ1v) is 7.89. The van der Waals surface area contributed by atoms with Crippen LogP contribution < -0.4 is 5.73 Å². The average Bonchev–Trinajstić information content (AvgIpc) is 3.07. The molecule has 4 N–H and O–H groups in total. The summed E-state index contributed by atoms with van der Waals surface area (Å²) in [7, 11) is 0. The fourth-order valence-electron chi connectivity index (χ4n) is 2.94. The quantitative estimate of drug-likeness (QED) is 0.564. The van der Waals surface area contributed by atoms with Crippen LogP contribution in [-0.4, -0.2) is 42.3 Å². The molecule has 21 heavy (non-hydrogen) atoms. The summed E-state index contributed by atoms with van der Waals surface area (Å²) in [4.78, 5) is 26.8. The second-order valence-corrected chi connectivity index (χ2v) is 6.44. The number of aliphatic carboxylic acids is 1. The van der Waals surface area contributed by atoms with Gasteiger partial charge in [0.05, 0.1) is 6.33 Å². The number of nitrogens with two attached hydrogens (primary N) is 1. The smallest absolute Gasteiger partial charge is 0.323 e. The van der Waals surface area contributed by atoms with Crippen LogP contribution in [-0.2, 0) is 4.79 Å². The zero-order chi connectivity index (χ0) is 14.9. The summed E-state index contributed by atoms with van der Waals surface area (Å²) in [6, 6.07) is 0. The van der Waals surface area contributed by atoms with Crippen LogP contribution in [0.2, 0.25) is 0 Å². The van der Waals surface area contributed by atoms with Crippen molar-refractivity contribution in [3.63, 3.8) is 0 Å². The number of aromatic amines is 1. The van der Waals surface area contributed by atoms with Crippen LogP contribution in [0.1, 0.15) is 25.7 Å². The maximum absolute atomic E-state index is 11.3. The lowest BCUT2D eigenvalue weighted by atomic mass is 9.86. The van der Waals surface area contributed by atoms with Crippen molar-refractivity contribution < 1.29 is 9.90 Å². The van der Waals surface area contributed by atoms with Gasteiger partial charge < -0.3 is 15.8 Å². The molecule has 1 fully saturated rings. The SMILES string of the molecule is NC1(C(=O)O)CCCC1CCSc1ncnc2nc[nH]c12. The minimum atomic E-state index is -1.06. The molecule has 1 aliphatic rings. The van der Waals surface area contributed by atoms with Crippen LogP contribution in [0.3, 0.4) is 0 Å². The summed E-state index contributed by atoms with van der Waals surface area (Å²) in [5.41, 5.74) is 6.46. The number of carbonyl (C=O) groups is 1. The van der Waals surface area contributed by atoms with Crippen molar-refractivity contribution in [3.8, 4) is 0 Å². The maximum Gasteiger partial charge on any atom is 0.323 e. The van der Waals surface area contributed by atoms with Gasteiger partial charge in [-0.15, -0.1) is 11.8 Å². The number of thioether (sulfide) groups is 1. The van der Waals surface area contributed by atoms with Gasteiger partial charge in [0, 0.05) is 0 Å². The molecule has 2 aromatic heterocycles. The third kappa shape index (κ3) is 2.60. The van der Waals surface area contributed by atoms with Gasteiger partial charge in [-0.05, 0) is 30.9 Å². The Morgan fingerprint density at radius 2 is 2.38 bits per heavy atom. The van der Waals surface area contributed by atoms with Crippen molar-refractivity contribution in [1.29, 1.82) is 0 Å². The predicted octanol–water partition coefficient (Wildman–Crippen LogP) is 1.42. The molecule has 8 heteroatoms. The maximum atomic E-state index is 11.3. The van der Waals surface area contributed by atoms with E-state index in [0.29, 0.717) is 12.1 Å². The van der Waals surface area contributed by atoms with Crippen molar-refractivity contribution in [3.05, 3.63) is 12.7 Å². The fraction of sp³-hybridized carbons (Fsp3) is 0.538. The van der Waals surface area contributed by atoms with Crippen LogP contribution in [0.5, 0.6) is 0 Å². The fourth-order valence-corrected chi connectivity index (χ4v) is 3.95. The number of H-pyrrole nitrogens is 1. The molecule has 2 unspecified atom stereocenters. The number of nitrogens with zero attached hydrogens (tertiary/aromatic N) is 3. The van der Waals surface area contributed by atoms with E-state index < -0.39 is 11.5 Å². The van der Waals surface area contributed by atoms with Gasteiger partial charge in [0.2, 0.25) is 0 Å². The molecule has 1 aliphatic carbocycles. The van der Waals surface area contributed by atoms with E-state index in [1.165, 1.54) is 6.33 Å². The third-order valence-electron chi connectivity index (χ3n) is 4.16. The van der Waals surface area contributed by atoms with Crippen LogP contribution in [0.15, 0.2) is 17.7 Å². The van der Waals surface area contributed by atoms with Crippen LogP contribution >= 0.6 is 11.8 Å². The van der Waals surface area contributed by atoms with E-state index in [1.807, 2.05) is 0 Å². The highest BCUT2D eigenvalue weighted by molar-refractivity contribution is 7.99. The third-order valence-corrected chi connectivity index (χ3v) is 5.19. The molecule has 112 valence electrons. The molecule has 0 saturated heterocycles. The van der Waals surface area contributed by atoms with Gasteiger partial charge in [-0.1, -0.05) is 6.42 Å². The summed E-state index contributed by atoms with van der Waals surface area (Å²) in [6.45, 7) is 0. The molecule has 0 aromatic carbocycles. The van der Waals surface area contributed by atoms with Crippen molar-refractivity contribution in [2.24, 2.45) is 11.7 Å². The van der Waals surface area contributed by atoms with E-state index >= 15 is 0 Å². The second kappa shape index (κ2) is 5.61. The number of fused-ring (bicyclic) bond motifs is 1. The minimum absolute atomic E-state index is 0.0293. The van der Waals surface area contributed by atoms with Crippen molar-refractivity contribution in [2.75, 3.05) is 5.75 Å². The number of carboxylic acid groups (broad SMARTS) is 1. The van der Waals surface area contributed by atoms with Crippen LogP contribution in [0.25, 0.3) is 11.2 Å². The number of nitrogens with one attached hydrogen (secondary N) is 1. The Morgan fingerprint density at radius 1 is 1.52 bits per heavy atom. The summed E-state index contributed by atoms with van der Waals surface area (Å²) in [5, 5.41) is 10.1. The average molecular weight is 307 g/mol. The van der Waals surface area contributed by atoms with Gasteiger partial charge in [0.1, 0.15) is 22.4 Å². The molecule has 0 aliphatic heterocycles. The molecule has 1 saturated carbocycles. The Hall–Kier alpha value is -1.67. The van der Waals surface area contributed by atoms with Crippen LogP contribution in [0.4, 0.5) is 0 Å². The Labute approximate surface area is 125 Å². The van der Waals surface area contributed by atoms with Gasteiger partial charge in [0.15, 0.2) is 5.65 Å². The molecular formula is C13H17N5O2S. The molecule has 2 atom stereocenters. The van der Waals surface area contributed by atoms with Crippen molar-refractivity contribution in [1.82, 2.24) is 19.9 Å². The lowest BCUT2D eigenvalue weighted by Gasteiger charge is -2.26. The lowest BCUT2D eigenvalue weighted by Crippen LogP contribution is -2.51. The van der Waals surface area contributed by atoms with E-state index in [1.54, 1.807) is 18.1 Å². The zero-order valence-corrected chi connectivity index (χ0v) is 12.3. The van der Waals surface area contributed by atoms with Gasteiger partial charge in [0.25, 0.3) is 0 Å². The van der Waals surface area contributed by atoms with Gasteiger partial charge >= 0.3 is 5.97 Å². The molecule has 2 heterocycles. The summed E-state index contributed by atoms with van der Waals surface area (Å²) in [5.74, 6) is -0.0724. The number of carboxylic acids is 1. The van der Waals surface area contributed by atoms with E-state index in [-0.39, 0.29) is 5.92 Å². The van der Waals surface area contributed by atoms with Crippen molar-refractivity contribution in [2.45, 2.75) is 36.2 Å². The highest BCUT2D eigenvalue weighted by Gasteiger charge is 2.45. The van der Waals surface area contributed by atoms with Gasteiger partial charge in [-0.3, -0.25) is 4.79 Å². The van der Waals surface area contributed by atoms with E-state index in [0.717, 1.165) is 35.6 Å². The Morgan fingerprint density at radius 3 is 3.19 bits per heavy atom. The van der Waals surface area contributed by atoms with Crippen molar-refractivity contribution >= 4 is 28.9 Å². The molecular weight excluding hydrogens is 290 g/mol.